The Balaban J connectivity index is 0.00000386. The number of ether oxygens (including phenoxy) is 1. The monoisotopic (exact) mass is 664 g/mol. The Morgan fingerprint density at radius 3 is 2.43 bits per heavy atom. The zero-order valence-electron chi connectivity index (χ0n) is 26.3. The fraction of sp³-hybridized carbons (Fsp3) is 0.424. The molecule has 2 unspecified atom stereocenters. The molecule has 5 heterocycles. The van der Waals surface area contributed by atoms with Crippen molar-refractivity contribution in [2.24, 2.45) is 0 Å². The molecule has 2 N–H and O–H groups in total. The molecule has 0 bridgehead atoms. The molecule has 0 radical (unpaired) electrons. The molecule has 47 heavy (non-hydrogen) atoms. The number of carbonyl (C=O) groups is 3. The van der Waals surface area contributed by atoms with Crippen molar-refractivity contribution in [1.29, 1.82) is 0 Å². The van der Waals surface area contributed by atoms with E-state index in [4.69, 9.17) is 4.74 Å². The lowest BCUT2D eigenvalue weighted by Gasteiger charge is -2.44. The van der Waals surface area contributed by atoms with Crippen LogP contribution in [0.4, 0.5) is 4.79 Å². The highest BCUT2D eigenvalue weighted by Crippen LogP contribution is 2.47. The summed E-state index contributed by atoms with van der Waals surface area (Å²) >= 11 is 0. The summed E-state index contributed by atoms with van der Waals surface area (Å²) < 4.78 is 10.5. The summed E-state index contributed by atoms with van der Waals surface area (Å²) in [7, 11) is 0. The van der Waals surface area contributed by atoms with Gasteiger partial charge in [-0.3, -0.25) is 14.5 Å². The number of nitrogens with zero attached hydrogens (tertiary/aromatic N) is 5. The van der Waals surface area contributed by atoms with Crippen molar-refractivity contribution in [3.05, 3.63) is 91.8 Å². The third-order valence-electron chi connectivity index (χ3n) is 9.69. The van der Waals surface area contributed by atoms with E-state index in [1.807, 2.05) is 32.1 Å². The number of carboxylic acid groups (broad SMARTS) is 1. The van der Waals surface area contributed by atoms with Gasteiger partial charge in [-0.05, 0) is 81.6 Å². The summed E-state index contributed by atoms with van der Waals surface area (Å²) in [5, 5.41) is 13.3. The molecule has 2 saturated heterocycles. The van der Waals surface area contributed by atoms with Crippen LogP contribution in [0.3, 0.4) is 0 Å². The molecule has 3 aromatic rings. The van der Waals surface area contributed by atoms with E-state index in [9.17, 15) is 29.1 Å². The second-order valence-corrected chi connectivity index (χ2v) is 12.8. The lowest BCUT2D eigenvalue weighted by atomic mass is 9.82. The number of nitrogens with one attached hydrogen (secondary N) is 1. The average Bonchev–Trinajstić information content (AvgIpc) is 3.66. The van der Waals surface area contributed by atoms with Gasteiger partial charge >= 0.3 is 17.5 Å². The summed E-state index contributed by atoms with van der Waals surface area (Å²) in [6.07, 6.45) is 2.54. The number of Topliss-reactive ketones (excluding diaryl/α,β-unsaturated/α-hetero) is 1. The number of amides is 2. The summed E-state index contributed by atoms with van der Waals surface area (Å²) in [5.74, 6) is 0.339. The fourth-order valence-electron chi connectivity index (χ4n) is 7.30. The Morgan fingerprint density at radius 1 is 1.02 bits per heavy atom. The first-order chi connectivity index (χ1) is 22.0. The van der Waals surface area contributed by atoms with Crippen LogP contribution in [0.1, 0.15) is 67.2 Å². The van der Waals surface area contributed by atoms with Gasteiger partial charge in [-0.2, -0.15) is 0 Å². The number of benzene rings is 2. The van der Waals surface area contributed by atoms with Crippen molar-refractivity contribution in [1.82, 2.24) is 29.0 Å². The smallest absolute Gasteiger partial charge is 0.407 e. The van der Waals surface area contributed by atoms with Gasteiger partial charge in [0.2, 0.25) is 5.91 Å². The molecule has 0 aliphatic carbocycles. The van der Waals surface area contributed by atoms with Gasteiger partial charge in [-0.15, -0.1) is 12.4 Å². The molecule has 0 spiro atoms. The molecule has 13 nitrogen and oxygen atoms in total. The van der Waals surface area contributed by atoms with Crippen LogP contribution in [0.2, 0.25) is 0 Å². The van der Waals surface area contributed by atoms with Crippen molar-refractivity contribution < 1.29 is 24.2 Å². The Morgan fingerprint density at radius 2 is 1.77 bits per heavy atom. The Kier molecular flexibility index (Phi) is 8.17. The Labute approximate surface area is 276 Å². The summed E-state index contributed by atoms with van der Waals surface area (Å²) in [6.45, 7) is 6.93. The lowest BCUT2D eigenvalue weighted by molar-refractivity contribution is -0.135. The zero-order valence-corrected chi connectivity index (χ0v) is 27.2. The van der Waals surface area contributed by atoms with E-state index in [1.165, 1.54) is 21.2 Å². The van der Waals surface area contributed by atoms with Crippen LogP contribution in [0.5, 0.6) is 5.75 Å². The Bertz CT molecular complexity index is 1920. The van der Waals surface area contributed by atoms with Gasteiger partial charge in [0, 0.05) is 30.8 Å². The standard InChI is InChI=1S/C33H36N6O7.ClH/c1-19(40)20-6-9-22(10-7-20)38-30(42)37-14-12-24-28(39(37)31(38)43)23-11-8-21(17-27(23)46-33(24,2)3)26-18-35(15-16-36(26)32(44)45)29(41)25-5-4-13-34-25;/h6-12,17,25-26,28,34H,4-5,13-16,18H2,1-3H3,(H,44,45);1H/t25-,26?,28?;/m0./s1. The van der Waals surface area contributed by atoms with Crippen LogP contribution in [0.25, 0.3) is 5.69 Å². The molecule has 1 aromatic heterocycles. The topological polar surface area (TPSA) is 148 Å². The van der Waals surface area contributed by atoms with E-state index < -0.39 is 35.2 Å². The highest BCUT2D eigenvalue weighted by Gasteiger charge is 2.45. The number of aromatic nitrogens is 3. The van der Waals surface area contributed by atoms with Gasteiger partial charge in [0.15, 0.2) is 5.78 Å². The maximum atomic E-state index is 14.0. The number of ketones is 1. The number of fused-ring (bicyclic) bond motifs is 5. The molecule has 2 amide bonds. The number of hydrogen-bond acceptors (Lipinski definition) is 7. The molecule has 3 atom stereocenters. The second kappa shape index (κ2) is 11.9. The maximum Gasteiger partial charge on any atom is 0.407 e. The van der Waals surface area contributed by atoms with Crippen LogP contribution in [-0.2, 0) is 11.3 Å². The van der Waals surface area contributed by atoms with Gasteiger partial charge in [0.1, 0.15) is 17.4 Å². The number of piperazine rings is 1. The molecule has 2 fully saturated rings. The number of carbonyl (C=O) groups excluding carboxylic acids is 2. The number of rotatable bonds is 4. The van der Waals surface area contributed by atoms with E-state index in [-0.39, 0.29) is 49.8 Å². The van der Waals surface area contributed by atoms with Gasteiger partial charge in [-0.1, -0.05) is 18.2 Å². The summed E-state index contributed by atoms with van der Waals surface area (Å²) in [5.41, 5.74) is 1.11. The molecule has 248 valence electrons. The van der Waals surface area contributed by atoms with E-state index in [2.05, 4.69) is 5.32 Å². The van der Waals surface area contributed by atoms with Crippen molar-refractivity contribution in [3.8, 4) is 11.4 Å². The van der Waals surface area contributed by atoms with Gasteiger partial charge in [-0.25, -0.2) is 28.3 Å². The molecule has 4 aliphatic rings. The predicted molar refractivity (Wildman–Crippen MR) is 174 cm³/mol. The number of halogens is 1. The third-order valence-corrected chi connectivity index (χ3v) is 9.69. The van der Waals surface area contributed by atoms with Crippen molar-refractivity contribution in [2.45, 2.75) is 63.9 Å². The fourth-order valence-corrected chi connectivity index (χ4v) is 7.30. The summed E-state index contributed by atoms with van der Waals surface area (Å²) in [4.78, 5) is 68.1. The highest BCUT2D eigenvalue weighted by atomic mass is 35.5. The van der Waals surface area contributed by atoms with Crippen LogP contribution < -0.4 is 21.4 Å². The largest absolute Gasteiger partial charge is 0.483 e. The predicted octanol–water partition coefficient (Wildman–Crippen LogP) is 2.74. The Hall–Kier alpha value is -4.62. The van der Waals surface area contributed by atoms with E-state index in [0.29, 0.717) is 34.7 Å². The first kappa shape index (κ1) is 32.3. The van der Waals surface area contributed by atoms with Crippen LogP contribution in [0, 0.1) is 0 Å². The van der Waals surface area contributed by atoms with Gasteiger partial charge in [0.25, 0.3) is 0 Å². The first-order valence-electron chi connectivity index (χ1n) is 15.6. The van der Waals surface area contributed by atoms with Gasteiger partial charge < -0.3 is 20.1 Å². The molecular formula is C33H37ClN6O7. The van der Waals surface area contributed by atoms with Crippen molar-refractivity contribution in [3.63, 3.8) is 0 Å². The number of hydrogen-bond donors (Lipinski definition) is 2. The first-order valence-corrected chi connectivity index (χ1v) is 15.6. The maximum absolute atomic E-state index is 14.0. The lowest BCUT2D eigenvalue weighted by Crippen LogP contribution is -2.55. The minimum absolute atomic E-state index is 0. The van der Waals surface area contributed by atoms with Crippen LogP contribution in [-0.4, -0.2) is 84.4 Å². The molecule has 2 aromatic carbocycles. The van der Waals surface area contributed by atoms with E-state index in [0.717, 1.165) is 29.5 Å². The van der Waals surface area contributed by atoms with E-state index in [1.54, 1.807) is 35.2 Å². The quantitative estimate of drug-likeness (QED) is 0.320. The molecule has 14 heteroatoms. The minimum atomic E-state index is -1.07. The number of allylic oxidation sites excluding steroid dienone is 1. The molecular weight excluding hydrogens is 628 g/mol. The molecule has 4 aliphatic heterocycles. The molecule has 0 saturated carbocycles. The SMILES string of the molecule is CC(=O)c1ccc(-n2c(=O)n3n(c2=O)C2C(=CC3)C(C)(C)Oc3cc(C4CN(C(=O)[C@@H]5CCCN5)CCN4C(=O)O)ccc32)cc1.Cl. The second-order valence-electron chi connectivity index (χ2n) is 12.8. The van der Waals surface area contributed by atoms with E-state index >= 15 is 0 Å². The van der Waals surface area contributed by atoms with Gasteiger partial charge in [0.05, 0.1) is 24.3 Å². The zero-order chi connectivity index (χ0) is 32.5. The van der Waals surface area contributed by atoms with Crippen molar-refractivity contribution >= 4 is 30.2 Å². The summed E-state index contributed by atoms with van der Waals surface area (Å²) in [6, 6.07) is 10.3. The normalized spacial score (nSPS) is 22.6. The van der Waals surface area contributed by atoms with Crippen LogP contribution >= 0.6 is 12.4 Å². The van der Waals surface area contributed by atoms with Crippen LogP contribution in [0.15, 0.2) is 63.7 Å². The average molecular weight is 665 g/mol. The highest BCUT2D eigenvalue weighted by molar-refractivity contribution is 5.94. The minimum Gasteiger partial charge on any atom is -0.483 e. The van der Waals surface area contributed by atoms with Crippen molar-refractivity contribution in [2.75, 3.05) is 26.2 Å². The molecule has 7 rings (SSSR count). The third kappa shape index (κ3) is 5.27.